The molecule has 1 aliphatic carbocycles. The number of halogens is 1. The summed E-state index contributed by atoms with van der Waals surface area (Å²) in [6.07, 6.45) is 4.63. The van der Waals surface area contributed by atoms with Crippen molar-refractivity contribution in [2.45, 2.75) is 25.7 Å². The Morgan fingerprint density at radius 2 is 1.53 bits per heavy atom. The molecule has 1 heterocycles. The van der Waals surface area contributed by atoms with E-state index in [2.05, 4.69) is 10.3 Å². The minimum Gasteiger partial charge on any atom is -0.481 e. The van der Waals surface area contributed by atoms with Crippen LogP contribution in [-0.2, 0) is 4.79 Å². The lowest BCUT2D eigenvalue weighted by atomic mass is 9.75. The third kappa shape index (κ3) is 5.19. The summed E-state index contributed by atoms with van der Waals surface area (Å²) in [5, 5.41) is 13.2. The van der Waals surface area contributed by atoms with Gasteiger partial charge in [0.1, 0.15) is 0 Å². The Balaban J connectivity index is 1.27. The van der Waals surface area contributed by atoms with Crippen molar-refractivity contribution in [3.63, 3.8) is 0 Å². The van der Waals surface area contributed by atoms with Crippen LogP contribution in [0.4, 0.5) is 11.7 Å². The number of anilines is 2. The largest absolute Gasteiger partial charge is 0.481 e. The first kappa shape index (κ1) is 23.8. The third-order valence-corrected chi connectivity index (χ3v) is 6.91. The zero-order valence-electron chi connectivity index (χ0n) is 19.5. The SMILES string of the molecule is O=C(O)C1CCCCC1C(=O)c1ccc(-c2ccc(-c3cnc(Nc4cccc(Cl)c4)o3)cc2)cc1. The molecule has 0 spiro atoms. The van der Waals surface area contributed by atoms with Crippen LogP contribution in [-0.4, -0.2) is 21.8 Å². The maximum atomic E-state index is 13.0. The van der Waals surface area contributed by atoms with E-state index in [-0.39, 0.29) is 5.78 Å². The van der Waals surface area contributed by atoms with Crippen molar-refractivity contribution < 1.29 is 19.1 Å². The summed E-state index contributed by atoms with van der Waals surface area (Å²) < 4.78 is 5.84. The summed E-state index contributed by atoms with van der Waals surface area (Å²) in [5.41, 5.74) is 4.20. The van der Waals surface area contributed by atoms with E-state index in [0.29, 0.717) is 35.2 Å². The second kappa shape index (κ2) is 10.4. The van der Waals surface area contributed by atoms with E-state index in [1.807, 2.05) is 48.5 Å². The standard InChI is InChI=1S/C29H25ClN2O4/c30-22-4-3-5-23(16-22)32-29-31-17-26(36-29)20-12-8-18(9-13-20)19-10-14-21(15-11-19)27(33)24-6-1-2-7-25(24)28(34)35/h3-5,8-17,24-25H,1-2,6-7H2,(H,31,32)(H,34,35). The Kier molecular flexibility index (Phi) is 6.87. The smallest absolute Gasteiger partial charge is 0.307 e. The lowest BCUT2D eigenvalue weighted by Gasteiger charge is -2.27. The molecule has 1 fully saturated rings. The molecule has 1 aromatic heterocycles. The van der Waals surface area contributed by atoms with Gasteiger partial charge in [-0.25, -0.2) is 4.98 Å². The molecule has 0 aliphatic heterocycles. The van der Waals surface area contributed by atoms with Crippen molar-refractivity contribution in [1.82, 2.24) is 4.98 Å². The van der Waals surface area contributed by atoms with Crippen LogP contribution < -0.4 is 5.32 Å². The molecule has 0 radical (unpaired) electrons. The molecule has 6 nitrogen and oxygen atoms in total. The van der Waals surface area contributed by atoms with Gasteiger partial charge >= 0.3 is 5.97 Å². The Labute approximate surface area is 214 Å². The molecule has 2 unspecified atom stereocenters. The Morgan fingerprint density at radius 3 is 2.19 bits per heavy atom. The van der Waals surface area contributed by atoms with Crippen molar-refractivity contribution >= 4 is 35.1 Å². The minimum atomic E-state index is -0.871. The normalized spacial score (nSPS) is 17.5. The molecule has 0 amide bonds. The van der Waals surface area contributed by atoms with Crippen molar-refractivity contribution in [1.29, 1.82) is 0 Å². The van der Waals surface area contributed by atoms with E-state index in [4.69, 9.17) is 16.0 Å². The number of aliphatic carboxylic acids is 1. The highest BCUT2D eigenvalue weighted by molar-refractivity contribution is 6.30. The van der Waals surface area contributed by atoms with Crippen LogP contribution >= 0.6 is 11.6 Å². The van der Waals surface area contributed by atoms with Gasteiger partial charge in [0, 0.05) is 27.8 Å². The van der Waals surface area contributed by atoms with Gasteiger partial charge in [0.05, 0.1) is 12.1 Å². The van der Waals surface area contributed by atoms with E-state index >= 15 is 0 Å². The molecule has 7 heteroatoms. The lowest BCUT2D eigenvalue weighted by molar-refractivity contribution is -0.144. The summed E-state index contributed by atoms with van der Waals surface area (Å²) in [7, 11) is 0. The number of hydrogen-bond donors (Lipinski definition) is 2. The molecule has 3 aromatic carbocycles. The molecule has 4 aromatic rings. The Morgan fingerprint density at radius 1 is 0.889 bits per heavy atom. The maximum Gasteiger partial charge on any atom is 0.307 e. The summed E-state index contributed by atoms with van der Waals surface area (Å²) in [6, 6.07) is 23.0. The number of carbonyl (C=O) groups is 2. The van der Waals surface area contributed by atoms with Gasteiger partial charge in [-0.3, -0.25) is 9.59 Å². The Hall–Kier alpha value is -3.90. The minimum absolute atomic E-state index is 0.0727. The molecular weight excluding hydrogens is 476 g/mol. The fourth-order valence-electron chi connectivity index (χ4n) is 4.76. The van der Waals surface area contributed by atoms with Crippen molar-refractivity contribution in [2.24, 2.45) is 11.8 Å². The van der Waals surface area contributed by atoms with Crippen LogP contribution in [0.1, 0.15) is 36.0 Å². The van der Waals surface area contributed by atoms with Gasteiger partial charge < -0.3 is 14.8 Å². The average Bonchev–Trinajstić information content (AvgIpc) is 3.37. The van der Waals surface area contributed by atoms with Gasteiger partial charge in [-0.05, 0) is 42.2 Å². The fraction of sp³-hybridized carbons (Fsp3) is 0.207. The molecule has 1 aliphatic rings. The van der Waals surface area contributed by atoms with E-state index in [0.717, 1.165) is 35.2 Å². The van der Waals surface area contributed by atoms with Crippen LogP contribution in [0.3, 0.4) is 0 Å². The quantitative estimate of drug-likeness (QED) is 0.255. The monoisotopic (exact) mass is 500 g/mol. The number of benzene rings is 3. The molecular formula is C29H25ClN2O4. The van der Waals surface area contributed by atoms with E-state index in [1.54, 1.807) is 30.5 Å². The Bertz CT molecular complexity index is 1380. The van der Waals surface area contributed by atoms with Gasteiger partial charge in [0.25, 0.3) is 6.01 Å². The number of carboxylic acids is 1. The molecule has 182 valence electrons. The number of carboxylic acid groups (broad SMARTS) is 1. The van der Waals surface area contributed by atoms with Crippen LogP contribution in [0.5, 0.6) is 0 Å². The van der Waals surface area contributed by atoms with Gasteiger partial charge in [0.2, 0.25) is 0 Å². The summed E-state index contributed by atoms with van der Waals surface area (Å²) in [6.45, 7) is 0. The summed E-state index contributed by atoms with van der Waals surface area (Å²) in [5.74, 6) is -1.34. The van der Waals surface area contributed by atoms with Crippen molar-refractivity contribution in [3.05, 3.63) is 89.6 Å². The number of Topliss-reactive ketones (excluding diaryl/α,β-unsaturated/α-hetero) is 1. The average molecular weight is 501 g/mol. The predicted octanol–water partition coefficient (Wildman–Crippen LogP) is 7.48. The van der Waals surface area contributed by atoms with Crippen LogP contribution in [0, 0.1) is 11.8 Å². The highest BCUT2D eigenvalue weighted by Gasteiger charge is 2.35. The van der Waals surface area contributed by atoms with Gasteiger partial charge in [0.15, 0.2) is 11.5 Å². The molecule has 2 N–H and O–H groups in total. The third-order valence-electron chi connectivity index (χ3n) is 6.67. The van der Waals surface area contributed by atoms with Gasteiger partial charge in [-0.1, -0.05) is 79.0 Å². The van der Waals surface area contributed by atoms with Crippen LogP contribution in [0.15, 0.2) is 83.4 Å². The molecule has 0 saturated heterocycles. The maximum absolute atomic E-state index is 13.0. The lowest BCUT2D eigenvalue weighted by Crippen LogP contribution is -2.32. The zero-order chi connectivity index (χ0) is 25.1. The zero-order valence-corrected chi connectivity index (χ0v) is 20.2. The first-order chi connectivity index (χ1) is 17.5. The van der Waals surface area contributed by atoms with Crippen LogP contribution in [0.25, 0.3) is 22.5 Å². The second-order valence-electron chi connectivity index (χ2n) is 9.02. The summed E-state index contributed by atoms with van der Waals surface area (Å²) >= 11 is 6.03. The number of hydrogen-bond acceptors (Lipinski definition) is 5. The number of carbonyl (C=O) groups excluding carboxylic acids is 1. The van der Waals surface area contributed by atoms with Crippen molar-refractivity contribution in [3.8, 4) is 22.5 Å². The number of aromatic nitrogens is 1. The fourth-order valence-corrected chi connectivity index (χ4v) is 4.95. The molecule has 0 bridgehead atoms. The predicted molar refractivity (Wildman–Crippen MR) is 140 cm³/mol. The number of nitrogens with zero attached hydrogens (tertiary/aromatic N) is 1. The van der Waals surface area contributed by atoms with Gasteiger partial charge in [-0.2, -0.15) is 0 Å². The molecule has 2 atom stereocenters. The molecule has 36 heavy (non-hydrogen) atoms. The molecule has 1 saturated carbocycles. The first-order valence-electron chi connectivity index (χ1n) is 11.9. The number of oxazole rings is 1. The molecule has 5 rings (SSSR count). The topological polar surface area (TPSA) is 92.4 Å². The van der Waals surface area contributed by atoms with E-state index in [1.165, 1.54) is 0 Å². The second-order valence-corrected chi connectivity index (χ2v) is 9.46. The van der Waals surface area contributed by atoms with Crippen molar-refractivity contribution in [2.75, 3.05) is 5.32 Å². The number of rotatable bonds is 7. The van der Waals surface area contributed by atoms with Gasteiger partial charge in [-0.15, -0.1) is 0 Å². The summed E-state index contributed by atoms with van der Waals surface area (Å²) in [4.78, 5) is 28.9. The highest BCUT2D eigenvalue weighted by Crippen LogP contribution is 2.34. The number of ketones is 1. The first-order valence-corrected chi connectivity index (χ1v) is 12.3. The van der Waals surface area contributed by atoms with E-state index in [9.17, 15) is 14.7 Å². The highest BCUT2D eigenvalue weighted by atomic mass is 35.5. The number of nitrogens with one attached hydrogen (secondary N) is 1. The van der Waals surface area contributed by atoms with Crippen LogP contribution in [0.2, 0.25) is 5.02 Å². The van der Waals surface area contributed by atoms with E-state index < -0.39 is 17.8 Å².